The zero-order valence-corrected chi connectivity index (χ0v) is 12.3. The topological polar surface area (TPSA) is 41.0 Å². The van der Waals surface area contributed by atoms with Gasteiger partial charge in [-0.15, -0.1) is 0 Å². The highest BCUT2D eigenvalue weighted by atomic mass is 15.2. The minimum atomic E-state index is 0.690. The molecule has 21 heavy (non-hydrogen) atoms. The molecule has 110 valence electrons. The summed E-state index contributed by atoms with van der Waals surface area (Å²) in [7, 11) is 0. The summed E-state index contributed by atoms with van der Waals surface area (Å²) in [6, 6.07) is 8.98. The van der Waals surface area contributed by atoms with Gasteiger partial charge in [-0.2, -0.15) is 0 Å². The van der Waals surface area contributed by atoms with E-state index in [0.29, 0.717) is 6.04 Å². The molecule has 1 aromatic heterocycles. The number of nitrogens with zero attached hydrogens (tertiary/aromatic N) is 3. The molecule has 1 aliphatic carbocycles. The summed E-state index contributed by atoms with van der Waals surface area (Å²) in [5, 5.41) is 4.90. The zero-order valence-electron chi connectivity index (χ0n) is 12.3. The number of aromatic nitrogens is 2. The molecule has 1 N–H and O–H groups in total. The van der Waals surface area contributed by atoms with Crippen molar-refractivity contribution in [2.24, 2.45) is 5.92 Å². The zero-order chi connectivity index (χ0) is 14.1. The lowest BCUT2D eigenvalue weighted by atomic mass is 10.0. The van der Waals surface area contributed by atoms with Crippen LogP contribution in [-0.2, 0) is 0 Å². The molecular formula is C17H22N4. The van der Waals surface area contributed by atoms with Crippen molar-refractivity contribution in [1.29, 1.82) is 0 Å². The first kappa shape index (κ1) is 13.0. The van der Waals surface area contributed by atoms with Crippen molar-refractivity contribution in [2.45, 2.75) is 31.7 Å². The lowest BCUT2D eigenvalue weighted by molar-refractivity contribution is 0.408. The van der Waals surface area contributed by atoms with Crippen LogP contribution in [0, 0.1) is 5.92 Å². The molecule has 0 radical (unpaired) electrons. The quantitative estimate of drug-likeness (QED) is 0.936. The van der Waals surface area contributed by atoms with E-state index in [1.54, 1.807) is 6.33 Å². The minimum absolute atomic E-state index is 0.690. The number of benzene rings is 1. The summed E-state index contributed by atoms with van der Waals surface area (Å²) >= 11 is 0. The summed E-state index contributed by atoms with van der Waals surface area (Å²) in [5.41, 5.74) is 1.04. The number of para-hydroxylation sites is 1. The average Bonchev–Trinajstić information content (AvgIpc) is 3.37. The van der Waals surface area contributed by atoms with Gasteiger partial charge in [0.25, 0.3) is 0 Å². The summed E-state index contributed by atoms with van der Waals surface area (Å²) in [6.07, 6.45) is 6.97. The van der Waals surface area contributed by atoms with Crippen LogP contribution in [0.15, 0.2) is 30.6 Å². The lowest BCUT2D eigenvalue weighted by Crippen LogP contribution is -2.43. The van der Waals surface area contributed by atoms with E-state index in [-0.39, 0.29) is 0 Å². The molecule has 2 heterocycles. The van der Waals surface area contributed by atoms with Crippen LogP contribution < -0.4 is 10.2 Å². The largest absolute Gasteiger partial charge is 0.356 e. The van der Waals surface area contributed by atoms with Crippen molar-refractivity contribution < 1.29 is 0 Å². The van der Waals surface area contributed by atoms with Crippen LogP contribution in [0.1, 0.15) is 25.7 Å². The van der Waals surface area contributed by atoms with Crippen LogP contribution in [0.5, 0.6) is 0 Å². The molecule has 4 nitrogen and oxygen atoms in total. The molecule has 0 unspecified atom stereocenters. The van der Waals surface area contributed by atoms with E-state index < -0.39 is 0 Å². The van der Waals surface area contributed by atoms with Crippen LogP contribution in [0.4, 0.5) is 5.82 Å². The molecule has 2 fully saturated rings. The molecule has 1 saturated heterocycles. The first-order valence-electron chi connectivity index (χ1n) is 8.08. The molecule has 0 atom stereocenters. The van der Waals surface area contributed by atoms with Gasteiger partial charge in [-0.1, -0.05) is 12.1 Å². The number of rotatable bonds is 4. The molecule has 0 amide bonds. The fourth-order valence-corrected chi connectivity index (χ4v) is 3.19. The van der Waals surface area contributed by atoms with Crippen LogP contribution in [0.25, 0.3) is 10.9 Å². The summed E-state index contributed by atoms with van der Waals surface area (Å²) in [4.78, 5) is 11.3. The van der Waals surface area contributed by atoms with Gasteiger partial charge < -0.3 is 10.2 Å². The van der Waals surface area contributed by atoms with E-state index in [0.717, 1.165) is 30.3 Å². The lowest BCUT2D eigenvalue weighted by Gasteiger charge is -2.33. The Morgan fingerprint density at radius 3 is 2.67 bits per heavy atom. The van der Waals surface area contributed by atoms with Gasteiger partial charge in [0.2, 0.25) is 0 Å². The average molecular weight is 282 g/mol. The molecule has 4 rings (SSSR count). The SMILES string of the molecule is c1ccc2c(N3CCC(NCC4CC4)CC3)ncnc2c1. The van der Waals surface area contributed by atoms with Gasteiger partial charge in [-0.05, 0) is 50.3 Å². The van der Waals surface area contributed by atoms with Crippen molar-refractivity contribution in [3.05, 3.63) is 30.6 Å². The number of hydrogen-bond donors (Lipinski definition) is 1. The van der Waals surface area contributed by atoms with Crippen LogP contribution in [0.2, 0.25) is 0 Å². The molecule has 2 aromatic rings. The standard InChI is InChI=1S/C17H22N4/c1-2-4-16-15(3-1)17(20-12-19-16)21-9-7-14(8-10-21)18-11-13-5-6-13/h1-4,12-14,18H,5-11H2. The molecule has 2 aliphatic rings. The normalized spacial score (nSPS) is 20.1. The Morgan fingerprint density at radius 2 is 1.86 bits per heavy atom. The van der Waals surface area contributed by atoms with Crippen LogP contribution >= 0.6 is 0 Å². The van der Waals surface area contributed by atoms with E-state index in [2.05, 4.69) is 38.4 Å². The second kappa shape index (κ2) is 5.60. The molecule has 4 heteroatoms. The van der Waals surface area contributed by atoms with Gasteiger partial charge in [-0.3, -0.25) is 0 Å². The van der Waals surface area contributed by atoms with E-state index in [4.69, 9.17) is 0 Å². The Morgan fingerprint density at radius 1 is 1.05 bits per heavy atom. The predicted molar refractivity (Wildman–Crippen MR) is 85.5 cm³/mol. The van der Waals surface area contributed by atoms with Crippen molar-refractivity contribution in [3.8, 4) is 0 Å². The number of nitrogens with one attached hydrogen (secondary N) is 1. The maximum atomic E-state index is 4.53. The second-order valence-electron chi connectivity index (χ2n) is 6.33. The van der Waals surface area contributed by atoms with Gasteiger partial charge >= 0.3 is 0 Å². The van der Waals surface area contributed by atoms with Crippen molar-refractivity contribution in [3.63, 3.8) is 0 Å². The van der Waals surface area contributed by atoms with E-state index >= 15 is 0 Å². The highest BCUT2D eigenvalue weighted by Gasteiger charge is 2.25. The van der Waals surface area contributed by atoms with Crippen LogP contribution in [0.3, 0.4) is 0 Å². The third-order valence-corrected chi connectivity index (χ3v) is 4.71. The first-order valence-corrected chi connectivity index (χ1v) is 8.08. The van der Waals surface area contributed by atoms with Crippen molar-refractivity contribution in [2.75, 3.05) is 24.5 Å². The van der Waals surface area contributed by atoms with E-state index in [1.807, 2.05) is 6.07 Å². The van der Waals surface area contributed by atoms with Gasteiger partial charge in [-0.25, -0.2) is 9.97 Å². The summed E-state index contributed by atoms with van der Waals surface area (Å²) in [6.45, 7) is 3.40. The highest BCUT2D eigenvalue weighted by molar-refractivity contribution is 5.89. The Bertz CT molecular complexity index is 610. The third-order valence-electron chi connectivity index (χ3n) is 4.71. The Balaban J connectivity index is 1.44. The van der Waals surface area contributed by atoms with Crippen molar-refractivity contribution in [1.82, 2.24) is 15.3 Å². The Labute approximate surface area is 125 Å². The van der Waals surface area contributed by atoms with E-state index in [1.165, 1.54) is 37.6 Å². The Hall–Kier alpha value is -1.68. The van der Waals surface area contributed by atoms with Gasteiger partial charge in [0.1, 0.15) is 12.1 Å². The molecule has 1 saturated carbocycles. The van der Waals surface area contributed by atoms with Gasteiger partial charge in [0, 0.05) is 24.5 Å². The smallest absolute Gasteiger partial charge is 0.139 e. The number of piperidine rings is 1. The molecule has 0 spiro atoms. The molecule has 1 aromatic carbocycles. The minimum Gasteiger partial charge on any atom is -0.356 e. The number of fused-ring (bicyclic) bond motifs is 1. The van der Waals surface area contributed by atoms with Crippen molar-refractivity contribution >= 4 is 16.7 Å². The monoisotopic (exact) mass is 282 g/mol. The highest BCUT2D eigenvalue weighted by Crippen LogP contribution is 2.29. The fraction of sp³-hybridized carbons (Fsp3) is 0.529. The van der Waals surface area contributed by atoms with Gasteiger partial charge in [0.05, 0.1) is 5.52 Å². The summed E-state index contributed by atoms with van der Waals surface area (Å²) in [5.74, 6) is 2.06. The third kappa shape index (κ3) is 2.86. The molecular weight excluding hydrogens is 260 g/mol. The predicted octanol–water partition coefficient (Wildman–Crippen LogP) is 2.60. The maximum Gasteiger partial charge on any atom is 0.139 e. The van der Waals surface area contributed by atoms with Crippen LogP contribution in [-0.4, -0.2) is 35.6 Å². The Kier molecular flexibility index (Phi) is 3.47. The fourth-order valence-electron chi connectivity index (χ4n) is 3.19. The maximum absolute atomic E-state index is 4.53. The first-order chi connectivity index (χ1) is 10.4. The number of hydrogen-bond acceptors (Lipinski definition) is 4. The molecule has 1 aliphatic heterocycles. The molecule has 0 bridgehead atoms. The van der Waals surface area contributed by atoms with Gasteiger partial charge in [0.15, 0.2) is 0 Å². The second-order valence-corrected chi connectivity index (χ2v) is 6.33. The summed E-state index contributed by atoms with van der Waals surface area (Å²) < 4.78 is 0. The number of anilines is 1. The van der Waals surface area contributed by atoms with E-state index in [9.17, 15) is 0 Å².